The van der Waals surface area contributed by atoms with Gasteiger partial charge in [-0.1, -0.05) is 30.7 Å². The molecule has 0 aliphatic heterocycles. The summed E-state index contributed by atoms with van der Waals surface area (Å²) in [5.74, 6) is -6.01. The first kappa shape index (κ1) is 30.1. The van der Waals surface area contributed by atoms with Gasteiger partial charge in [-0.2, -0.15) is 0 Å². The molecule has 0 bridgehead atoms. The van der Waals surface area contributed by atoms with Crippen molar-refractivity contribution in [2.75, 3.05) is 0 Å². The topological polar surface area (TPSA) is 38.3 Å². The predicted octanol–water partition coefficient (Wildman–Crippen LogP) is 7.75. The molecule has 3 nitrogen and oxygen atoms in total. The highest BCUT2D eigenvalue weighted by Crippen LogP contribution is 2.24. The molecule has 0 radical (unpaired) electrons. The molecule has 0 fully saturated rings. The normalized spacial score (nSPS) is 12.0. The molecule has 1 amide bonds. The van der Waals surface area contributed by atoms with Gasteiger partial charge in [0.05, 0.1) is 0 Å². The Morgan fingerprint density at radius 1 is 0.892 bits per heavy atom. The van der Waals surface area contributed by atoms with Crippen molar-refractivity contribution >= 4 is 17.5 Å². The smallest absolute Gasteiger partial charge is 0.263 e. The highest BCUT2D eigenvalue weighted by Gasteiger charge is 2.31. The highest BCUT2D eigenvalue weighted by molar-refractivity contribution is 6.30. The van der Waals surface area contributed by atoms with Crippen LogP contribution in [0.25, 0.3) is 0 Å². The minimum absolute atomic E-state index is 0.0522. The van der Waals surface area contributed by atoms with Crippen LogP contribution in [0.4, 0.5) is 22.0 Å². The number of carbonyl (C=O) groups is 1. The summed E-state index contributed by atoms with van der Waals surface area (Å²) in [6, 6.07) is 12.4. The third-order valence-corrected chi connectivity index (χ3v) is 5.46. The Labute approximate surface area is 218 Å². The van der Waals surface area contributed by atoms with Crippen molar-refractivity contribution in [1.29, 1.82) is 0 Å². The third-order valence-electron chi connectivity index (χ3n) is 5.21. The summed E-state index contributed by atoms with van der Waals surface area (Å²) in [7, 11) is 0. The van der Waals surface area contributed by atoms with Gasteiger partial charge in [-0.05, 0) is 75.4 Å². The lowest BCUT2D eigenvalue weighted by molar-refractivity contribution is -0.134. The van der Waals surface area contributed by atoms with Crippen molar-refractivity contribution in [2.45, 2.75) is 58.6 Å². The number of benzene rings is 3. The van der Waals surface area contributed by atoms with E-state index in [2.05, 4.69) is 5.32 Å². The number of rotatable bonds is 7. The van der Waals surface area contributed by atoms with Gasteiger partial charge in [-0.3, -0.25) is 4.79 Å². The van der Waals surface area contributed by atoms with Gasteiger partial charge in [0.2, 0.25) is 0 Å². The summed E-state index contributed by atoms with van der Waals surface area (Å²) < 4.78 is 70.3. The number of nitrogens with one attached hydrogen (secondary N) is 1. The van der Waals surface area contributed by atoms with Gasteiger partial charge in [-0.25, -0.2) is 22.0 Å². The average Bonchev–Trinajstić information content (AvgIpc) is 2.78. The van der Waals surface area contributed by atoms with E-state index < -0.39 is 40.6 Å². The zero-order valence-electron chi connectivity index (χ0n) is 21.1. The maximum absolute atomic E-state index is 13.1. The average molecular weight is 542 g/mol. The van der Waals surface area contributed by atoms with Crippen LogP contribution in [0.3, 0.4) is 0 Å². The van der Waals surface area contributed by atoms with E-state index in [1.807, 2.05) is 31.2 Å². The summed E-state index contributed by atoms with van der Waals surface area (Å²) in [4.78, 5) is 11.8. The van der Waals surface area contributed by atoms with Crippen LogP contribution >= 0.6 is 11.6 Å². The predicted molar refractivity (Wildman–Crippen MR) is 134 cm³/mol. The number of amides is 1. The Kier molecular flexibility index (Phi) is 10.5. The van der Waals surface area contributed by atoms with E-state index in [4.69, 9.17) is 16.3 Å². The van der Waals surface area contributed by atoms with Gasteiger partial charge in [0.25, 0.3) is 5.91 Å². The molecular weight excluding hydrogens is 513 g/mol. The molecule has 0 spiro atoms. The molecule has 0 aliphatic carbocycles. The van der Waals surface area contributed by atoms with Crippen molar-refractivity contribution in [3.63, 3.8) is 0 Å². The molecule has 37 heavy (non-hydrogen) atoms. The highest BCUT2D eigenvalue weighted by atomic mass is 35.5. The van der Waals surface area contributed by atoms with Gasteiger partial charge in [0.15, 0.2) is 23.1 Å². The summed E-state index contributed by atoms with van der Waals surface area (Å²) in [6.07, 6.45) is 0.722. The summed E-state index contributed by atoms with van der Waals surface area (Å²) in [5, 5.41) is 3.30. The van der Waals surface area contributed by atoms with Crippen LogP contribution in [0.1, 0.15) is 51.7 Å². The van der Waals surface area contributed by atoms with Crippen molar-refractivity contribution in [1.82, 2.24) is 5.32 Å². The first-order valence-electron chi connectivity index (χ1n) is 11.5. The van der Waals surface area contributed by atoms with E-state index >= 15 is 0 Å². The molecule has 200 valence electrons. The lowest BCUT2D eigenvalue weighted by Crippen LogP contribution is -2.48. The van der Waals surface area contributed by atoms with E-state index in [-0.39, 0.29) is 17.7 Å². The van der Waals surface area contributed by atoms with Crippen LogP contribution in [0.5, 0.6) is 5.75 Å². The third kappa shape index (κ3) is 9.35. The number of ether oxygens (including phenoxy) is 1. The molecule has 0 heterocycles. The van der Waals surface area contributed by atoms with Crippen LogP contribution in [-0.4, -0.2) is 17.6 Å². The Balaban J connectivity index is 0.000000260. The van der Waals surface area contributed by atoms with E-state index in [0.717, 1.165) is 18.1 Å². The Hall–Kier alpha value is -3.13. The van der Waals surface area contributed by atoms with Gasteiger partial charge in [-0.15, -0.1) is 0 Å². The Bertz CT molecular complexity index is 1170. The molecule has 3 rings (SSSR count). The fraction of sp³-hybridized carbons (Fsp3) is 0.321. The fourth-order valence-electron chi connectivity index (χ4n) is 3.32. The van der Waals surface area contributed by atoms with E-state index in [1.165, 1.54) is 26.0 Å². The molecule has 9 heteroatoms. The fourth-order valence-corrected chi connectivity index (χ4v) is 3.45. The van der Waals surface area contributed by atoms with Crippen molar-refractivity contribution < 1.29 is 31.5 Å². The first-order valence-corrected chi connectivity index (χ1v) is 11.9. The number of halogens is 6. The lowest BCUT2D eigenvalue weighted by atomic mass is 9.93. The van der Waals surface area contributed by atoms with E-state index in [0.29, 0.717) is 22.7 Å². The summed E-state index contributed by atoms with van der Waals surface area (Å²) in [6.45, 7) is 8.38. The van der Waals surface area contributed by atoms with Crippen LogP contribution < -0.4 is 10.1 Å². The second kappa shape index (κ2) is 12.9. The summed E-state index contributed by atoms with van der Waals surface area (Å²) in [5.41, 5.74) is 0.431. The maximum atomic E-state index is 13.1. The molecule has 1 atom stereocenters. The number of hydrogen-bond acceptors (Lipinski definition) is 2. The van der Waals surface area contributed by atoms with Crippen LogP contribution in [0.2, 0.25) is 5.02 Å². The molecule has 3 aromatic carbocycles. The van der Waals surface area contributed by atoms with Gasteiger partial charge in [0.1, 0.15) is 17.4 Å². The standard InChI is InChI=1S/C15H13ClF2.C13H16F3NO2/c1-10(6-11-2-4-13(16)5-3-11)12-7-14(17)9-15(18)8-12;1-7(2)17-12(18)13(3,4)19-8-5-9(14)11(16)10(15)6-8/h2-5,7-10H,6H2,1H3;5-7H,1-4H3,(H,17,18). The molecule has 0 saturated carbocycles. The summed E-state index contributed by atoms with van der Waals surface area (Å²) >= 11 is 5.81. The molecule has 1 N–H and O–H groups in total. The Morgan fingerprint density at radius 2 is 1.41 bits per heavy atom. The molecule has 1 unspecified atom stereocenters. The minimum Gasteiger partial charge on any atom is -0.478 e. The largest absolute Gasteiger partial charge is 0.478 e. The van der Waals surface area contributed by atoms with Gasteiger partial charge < -0.3 is 10.1 Å². The van der Waals surface area contributed by atoms with E-state index in [9.17, 15) is 26.7 Å². The first-order chi connectivity index (χ1) is 17.2. The minimum atomic E-state index is -1.57. The number of carbonyl (C=O) groups excluding carboxylic acids is 1. The number of hydrogen-bond donors (Lipinski definition) is 1. The zero-order valence-corrected chi connectivity index (χ0v) is 21.9. The van der Waals surface area contributed by atoms with Gasteiger partial charge >= 0.3 is 0 Å². The monoisotopic (exact) mass is 541 g/mol. The Morgan fingerprint density at radius 3 is 1.89 bits per heavy atom. The SMILES string of the molecule is CC(C)NC(=O)C(C)(C)Oc1cc(F)c(F)c(F)c1.CC(Cc1ccc(Cl)cc1)c1cc(F)cc(F)c1. The quantitative estimate of drug-likeness (QED) is 0.245. The van der Waals surface area contributed by atoms with Crippen LogP contribution in [-0.2, 0) is 11.2 Å². The molecule has 0 aliphatic rings. The van der Waals surface area contributed by atoms with Crippen molar-refractivity contribution in [2.24, 2.45) is 0 Å². The van der Waals surface area contributed by atoms with Crippen molar-refractivity contribution in [3.05, 3.63) is 99.8 Å². The molecular formula is C28H29ClF5NO2. The second-order valence-corrected chi connectivity index (χ2v) is 9.81. The molecule has 0 saturated heterocycles. The lowest BCUT2D eigenvalue weighted by Gasteiger charge is -2.26. The maximum Gasteiger partial charge on any atom is 0.263 e. The second-order valence-electron chi connectivity index (χ2n) is 9.38. The van der Waals surface area contributed by atoms with Crippen molar-refractivity contribution in [3.8, 4) is 5.75 Å². The zero-order chi connectivity index (χ0) is 27.9. The van der Waals surface area contributed by atoms with Crippen LogP contribution in [0, 0.1) is 29.1 Å². The van der Waals surface area contributed by atoms with Crippen LogP contribution in [0.15, 0.2) is 54.6 Å². The molecule has 0 aromatic heterocycles. The van der Waals surface area contributed by atoms with E-state index in [1.54, 1.807) is 13.8 Å². The molecule has 3 aromatic rings. The van der Waals surface area contributed by atoms with Gasteiger partial charge in [0, 0.05) is 29.3 Å².